The van der Waals surface area contributed by atoms with Crippen LogP contribution in [0.4, 0.5) is 0 Å². The van der Waals surface area contributed by atoms with Gasteiger partial charge in [0.2, 0.25) is 13.6 Å². The molecule has 4 heterocycles. The van der Waals surface area contributed by atoms with E-state index in [0.717, 1.165) is 4.73 Å². The smallest absolute Gasteiger partial charge is 0.322 e. The number of hydrogen-bond acceptors (Lipinski definition) is 7. The van der Waals surface area contributed by atoms with E-state index >= 15 is 0 Å². The van der Waals surface area contributed by atoms with Gasteiger partial charge in [0.25, 0.3) is 0 Å². The maximum atomic E-state index is 13.5. The van der Waals surface area contributed by atoms with Crippen LogP contribution in [-0.4, -0.2) is 28.1 Å². The molecule has 0 amide bonds. The van der Waals surface area contributed by atoms with Crippen molar-refractivity contribution in [1.82, 2.24) is 14.5 Å². The Morgan fingerprint density at radius 3 is 2.72 bits per heavy atom. The third-order valence-corrected chi connectivity index (χ3v) is 4.97. The summed E-state index contributed by atoms with van der Waals surface area (Å²) in [5.41, 5.74) is 1.74. The number of fused-ring (bicyclic) bond motifs is 4. The Kier molecular flexibility index (Phi) is 3.31. The quantitative estimate of drug-likeness (QED) is 0.391. The lowest BCUT2D eigenvalue weighted by atomic mass is 10.0. The molecule has 0 aliphatic carbocycles. The SMILES string of the molecule is [O-][n+]1c(Cn2ccnc2)nc2ccc3c(c2c1-c1ccc2c(c1)OCO2)OCO3. The second-order valence-corrected chi connectivity index (χ2v) is 6.67. The predicted octanol–water partition coefficient (Wildman–Crippen LogP) is 2.24. The maximum Gasteiger partial charge on any atom is 0.322 e. The number of imidazole rings is 1. The Morgan fingerprint density at radius 2 is 1.83 bits per heavy atom. The van der Waals surface area contributed by atoms with E-state index in [1.54, 1.807) is 41.5 Å². The minimum Gasteiger partial charge on any atom is -0.710 e. The molecule has 2 aliphatic rings. The first-order chi connectivity index (χ1) is 14.3. The fourth-order valence-electron chi connectivity index (χ4n) is 3.65. The lowest BCUT2D eigenvalue weighted by Gasteiger charge is -2.16. The van der Waals surface area contributed by atoms with Gasteiger partial charge in [0, 0.05) is 18.0 Å². The summed E-state index contributed by atoms with van der Waals surface area (Å²) in [5, 5.41) is 14.1. The van der Waals surface area contributed by atoms with E-state index in [1.807, 2.05) is 12.1 Å². The van der Waals surface area contributed by atoms with Gasteiger partial charge in [-0.15, -0.1) is 0 Å². The molecule has 0 bridgehead atoms. The molecule has 0 radical (unpaired) electrons. The average molecular weight is 390 g/mol. The third-order valence-electron chi connectivity index (χ3n) is 4.97. The van der Waals surface area contributed by atoms with Gasteiger partial charge in [-0.05, 0) is 35.3 Å². The normalized spacial score (nSPS) is 13.9. The molecule has 0 N–H and O–H groups in total. The number of hydrogen-bond donors (Lipinski definition) is 0. The Morgan fingerprint density at radius 1 is 1.00 bits per heavy atom. The van der Waals surface area contributed by atoms with Crippen LogP contribution in [0.15, 0.2) is 49.1 Å². The van der Waals surface area contributed by atoms with Crippen LogP contribution in [0.5, 0.6) is 23.0 Å². The molecule has 29 heavy (non-hydrogen) atoms. The molecular formula is C20H14N4O5. The molecule has 0 fully saturated rings. The van der Waals surface area contributed by atoms with Gasteiger partial charge in [-0.25, -0.2) is 9.71 Å². The molecule has 0 saturated heterocycles. The van der Waals surface area contributed by atoms with Gasteiger partial charge in [0.15, 0.2) is 34.2 Å². The topological polar surface area (TPSA) is 94.6 Å². The first-order valence-corrected chi connectivity index (χ1v) is 8.98. The molecular weight excluding hydrogens is 376 g/mol. The van der Waals surface area contributed by atoms with Crippen LogP contribution in [0.25, 0.3) is 22.2 Å². The van der Waals surface area contributed by atoms with E-state index in [1.165, 1.54) is 0 Å². The zero-order valence-electron chi connectivity index (χ0n) is 15.1. The highest BCUT2D eigenvalue weighted by Crippen LogP contribution is 2.43. The largest absolute Gasteiger partial charge is 0.710 e. The van der Waals surface area contributed by atoms with Gasteiger partial charge in [-0.3, -0.25) is 0 Å². The van der Waals surface area contributed by atoms with Crippen LogP contribution in [0.1, 0.15) is 5.82 Å². The van der Waals surface area contributed by atoms with Gasteiger partial charge in [-0.1, -0.05) is 0 Å². The number of rotatable bonds is 3. The molecule has 6 rings (SSSR count). The fourth-order valence-corrected chi connectivity index (χ4v) is 3.65. The van der Waals surface area contributed by atoms with E-state index in [0.29, 0.717) is 51.0 Å². The van der Waals surface area contributed by atoms with Gasteiger partial charge in [0.1, 0.15) is 11.9 Å². The molecule has 2 aromatic carbocycles. The van der Waals surface area contributed by atoms with Crippen molar-refractivity contribution in [3.8, 4) is 34.3 Å². The predicted molar refractivity (Wildman–Crippen MR) is 99.7 cm³/mol. The lowest BCUT2D eigenvalue weighted by molar-refractivity contribution is -0.605. The highest BCUT2D eigenvalue weighted by Gasteiger charge is 2.29. The zero-order chi connectivity index (χ0) is 19.4. The van der Waals surface area contributed by atoms with Crippen LogP contribution in [0.2, 0.25) is 0 Å². The summed E-state index contributed by atoms with van der Waals surface area (Å²) < 4.78 is 24.7. The van der Waals surface area contributed by atoms with Gasteiger partial charge in [0.05, 0.1) is 6.33 Å². The first-order valence-electron chi connectivity index (χ1n) is 8.98. The molecule has 0 unspecified atom stereocenters. The Labute approximate surface area is 164 Å². The van der Waals surface area contributed by atoms with Gasteiger partial charge in [-0.2, -0.15) is 0 Å². The molecule has 0 saturated carbocycles. The van der Waals surface area contributed by atoms with Crippen molar-refractivity contribution < 1.29 is 23.7 Å². The van der Waals surface area contributed by atoms with Gasteiger partial charge < -0.3 is 28.7 Å². The van der Waals surface area contributed by atoms with Crippen LogP contribution in [-0.2, 0) is 6.54 Å². The van der Waals surface area contributed by atoms with Crippen LogP contribution in [0, 0.1) is 5.21 Å². The second-order valence-electron chi connectivity index (χ2n) is 6.67. The van der Waals surface area contributed by atoms with Crippen LogP contribution >= 0.6 is 0 Å². The minimum atomic E-state index is 0.102. The Balaban J connectivity index is 1.63. The maximum absolute atomic E-state index is 13.5. The summed E-state index contributed by atoms with van der Waals surface area (Å²) in [5.74, 6) is 2.67. The van der Waals surface area contributed by atoms with E-state index in [-0.39, 0.29) is 20.1 Å². The summed E-state index contributed by atoms with van der Waals surface area (Å²) in [6.45, 7) is 0.543. The average Bonchev–Trinajstić information content (AvgIpc) is 3.49. The first kappa shape index (κ1) is 16.0. The molecule has 2 aromatic heterocycles. The molecule has 0 spiro atoms. The molecule has 0 atom stereocenters. The summed E-state index contributed by atoms with van der Waals surface area (Å²) in [6.07, 6.45) is 5.09. The summed E-state index contributed by atoms with van der Waals surface area (Å²) in [4.78, 5) is 8.63. The standard InChI is InChI=1S/C20H14N4O5/c25-24-17(8-23-6-5-21-9-23)22-13-2-4-15-20(29-11-27-15)18(13)19(24)12-1-3-14-16(7-12)28-10-26-14/h1-7,9H,8,10-11H2. The van der Waals surface area contributed by atoms with E-state index in [4.69, 9.17) is 18.9 Å². The van der Waals surface area contributed by atoms with Crippen molar-refractivity contribution >= 4 is 10.9 Å². The van der Waals surface area contributed by atoms with Crippen LogP contribution < -0.4 is 23.7 Å². The van der Waals surface area contributed by atoms with Crippen molar-refractivity contribution in [3.05, 3.63) is 60.1 Å². The highest BCUT2D eigenvalue weighted by atomic mass is 16.7. The van der Waals surface area contributed by atoms with Crippen LogP contribution in [0.3, 0.4) is 0 Å². The Hall–Kier alpha value is -4.01. The van der Waals surface area contributed by atoms with Crippen molar-refractivity contribution in [2.24, 2.45) is 0 Å². The van der Waals surface area contributed by atoms with E-state index in [2.05, 4.69) is 9.97 Å². The van der Waals surface area contributed by atoms with Crippen molar-refractivity contribution in [2.45, 2.75) is 6.54 Å². The van der Waals surface area contributed by atoms with Crippen molar-refractivity contribution in [3.63, 3.8) is 0 Å². The van der Waals surface area contributed by atoms with Gasteiger partial charge >= 0.3 is 5.82 Å². The van der Waals surface area contributed by atoms with E-state index < -0.39 is 0 Å². The van der Waals surface area contributed by atoms with Crippen molar-refractivity contribution in [1.29, 1.82) is 0 Å². The molecule has 9 heteroatoms. The number of benzene rings is 2. The second kappa shape index (κ2) is 5.99. The van der Waals surface area contributed by atoms with Crippen molar-refractivity contribution in [2.75, 3.05) is 13.6 Å². The molecule has 144 valence electrons. The number of nitrogens with zero attached hydrogens (tertiary/aromatic N) is 4. The minimum absolute atomic E-state index is 0.102. The highest BCUT2D eigenvalue weighted by molar-refractivity contribution is 5.98. The number of aromatic nitrogens is 4. The summed E-state index contributed by atoms with van der Waals surface area (Å²) in [6, 6.07) is 9.04. The zero-order valence-corrected chi connectivity index (χ0v) is 15.1. The monoisotopic (exact) mass is 390 g/mol. The molecule has 9 nitrogen and oxygen atoms in total. The lowest BCUT2D eigenvalue weighted by Crippen LogP contribution is -2.37. The number of ether oxygens (including phenoxy) is 4. The fraction of sp³-hybridized carbons (Fsp3) is 0.150. The third kappa shape index (κ3) is 2.44. The summed E-state index contributed by atoms with van der Waals surface area (Å²) >= 11 is 0. The molecule has 4 aromatic rings. The Bertz CT molecular complexity index is 1260. The molecule has 2 aliphatic heterocycles. The summed E-state index contributed by atoms with van der Waals surface area (Å²) in [7, 11) is 0. The van der Waals surface area contributed by atoms with E-state index in [9.17, 15) is 5.21 Å².